The van der Waals surface area contributed by atoms with E-state index < -0.39 is 4.92 Å². The van der Waals surface area contributed by atoms with E-state index in [0.717, 1.165) is 23.3 Å². The van der Waals surface area contributed by atoms with Gasteiger partial charge in [-0.2, -0.15) is 0 Å². The summed E-state index contributed by atoms with van der Waals surface area (Å²) in [6.07, 6.45) is 2.64. The molecule has 2 aromatic rings. The number of nitro benzene ring substituents is 1. The molecule has 0 atom stereocenters. The molecule has 0 aliphatic carbocycles. The van der Waals surface area contributed by atoms with Crippen LogP contribution in [0.5, 0.6) is 0 Å². The van der Waals surface area contributed by atoms with Crippen LogP contribution in [0.4, 0.5) is 5.69 Å². The van der Waals surface area contributed by atoms with Gasteiger partial charge in [0.1, 0.15) is 0 Å². The van der Waals surface area contributed by atoms with Gasteiger partial charge in [-0.25, -0.2) is 0 Å². The fourth-order valence-corrected chi connectivity index (χ4v) is 3.10. The normalized spacial score (nSPS) is 14.7. The average Bonchev–Trinajstić information content (AvgIpc) is 2.77. The van der Waals surface area contributed by atoms with Gasteiger partial charge in [0.2, 0.25) is 0 Å². The summed E-state index contributed by atoms with van der Waals surface area (Å²) in [5.41, 5.74) is 0.776. The van der Waals surface area contributed by atoms with Crippen molar-refractivity contribution < 1.29 is 4.92 Å². The van der Waals surface area contributed by atoms with Crippen LogP contribution in [0.1, 0.15) is 12.0 Å². The first-order valence-electron chi connectivity index (χ1n) is 6.15. The summed E-state index contributed by atoms with van der Waals surface area (Å²) in [5.74, 6) is 0. The number of fused-ring (bicyclic) bond motifs is 1. The summed E-state index contributed by atoms with van der Waals surface area (Å²) in [4.78, 5) is 27.4. The van der Waals surface area contributed by atoms with Crippen LogP contribution in [0, 0.1) is 10.1 Å². The molecule has 2 heterocycles. The minimum absolute atomic E-state index is 0.0354. The highest BCUT2D eigenvalue weighted by molar-refractivity contribution is 7.07. The number of benzene rings is 1. The maximum absolute atomic E-state index is 12.2. The van der Waals surface area contributed by atoms with Crippen molar-refractivity contribution in [2.75, 3.05) is 6.54 Å². The lowest BCUT2D eigenvalue weighted by Gasteiger charge is -2.03. The Kier molecular flexibility index (Phi) is 3.19. The number of non-ortho nitro benzene ring substituents is 1. The largest absolute Gasteiger partial charge is 0.284 e. The predicted octanol–water partition coefficient (Wildman–Crippen LogP) is 0.670. The minimum atomic E-state index is -0.443. The summed E-state index contributed by atoms with van der Waals surface area (Å²) >= 11 is 1.36. The molecule has 1 aromatic carbocycles. The third kappa shape index (κ3) is 2.27. The van der Waals surface area contributed by atoms with E-state index in [1.54, 1.807) is 22.8 Å². The Balaban J connectivity index is 2.07. The maximum atomic E-state index is 12.2. The number of rotatable bonds is 2. The maximum Gasteiger partial charge on any atom is 0.270 e. The molecule has 0 fully saturated rings. The highest BCUT2D eigenvalue weighted by Gasteiger charge is 2.09. The molecule has 1 aliphatic rings. The lowest BCUT2D eigenvalue weighted by Crippen LogP contribution is -2.33. The molecular formula is C13H11N3O3S. The monoisotopic (exact) mass is 289 g/mol. The molecule has 0 radical (unpaired) electrons. The molecule has 20 heavy (non-hydrogen) atoms. The first kappa shape index (κ1) is 12.7. The number of nitrogens with zero attached hydrogens (tertiary/aromatic N) is 3. The highest BCUT2D eigenvalue weighted by Crippen LogP contribution is 2.12. The van der Waals surface area contributed by atoms with Gasteiger partial charge in [-0.05, 0) is 30.2 Å². The molecule has 0 amide bonds. The van der Waals surface area contributed by atoms with Crippen LogP contribution in [0.25, 0.3) is 6.08 Å². The second-order valence-electron chi connectivity index (χ2n) is 4.43. The Morgan fingerprint density at radius 3 is 2.75 bits per heavy atom. The number of hydrogen-bond donors (Lipinski definition) is 0. The molecule has 6 nitrogen and oxygen atoms in total. The first-order chi connectivity index (χ1) is 9.65. The fourth-order valence-electron chi connectivity index (χ4n) is 2.07. The van der Waals surface area contributed by atoms with Crippen molar-refractivity contribution in [2.45, 2.75) is 13.0 Å². The Morgan fingerprint density at radius 2 is 2.10 bits per heavy atom. The SMILES string of the molecule is O=c1/c(=C\c2ccc([N+](=O)[O-])cc2)sc2n1CCCN=2. The van der Waals surface area contributed by atoms with E-state index in [0.29, 0.717) is 11.1 Å². The molecule has 1 aromatic heterocycles. The van der Waals surface area contributed by atoms with Crippen molar-refractivity contribution in [3.63, 3.8) is 0 Å². The van der Waals surface area contributed by atoms with Crippen molar-refractivity contribution in [3.05, 3.63) is 59.6 Å². The Morgan fingerprint density at radius 1 is 1.35 bits per heavy atom. The smallest absolute Gasteiger partial charge is 0.270 e. The van der Waals surface area contributed by atoms with E-state index in [2.05, 4.69) is 4.99 Å². The molecule has 0 saturated carbocycles. The van der Waals surface area contributed by atoms with Gasteiger partial charge in [-0.1, -0.05) is 11.3 Å². The summed E-state index contributed by atoms with van der Waals surface area (Å²) in [6.45, 7) is 1.47. The van der Waals surface area contributed by atoms with Crippen molar-refractivity contribution in [1.29, 1.82) is 0 Å². The lowest BCUT2D eigenvalue weighted by atomic mass is 10.2. The second-order valence-corrected chi connectivity index (χ2v) is 5.44. The summed E-state index contributed by atoms with van der Waals surface area (Å²) < 4.78 is 2.30. The van der Waals surface area contributed by atoms with E-state index in [1.165, 1.54) is 23.5 Å². The van der Waals surface area contributed by atoms with Crippen molar-refractivity contribution >= 4 is 23.1 Å². The molecule has 7 heteroatoms. The van der Waals surface area contributed by atoms with E-state index in [4.69, 9.17) is 0 Å². The topological polar surface area (TPSA) is 77.5 Å². The van der Waals surface area contributed by atoms with Gasteiger partial charge in [0, 0.05) is 25.2 Å². The zero-order chi connectivity index (χ0) is 14.1. The van der Waals surface area contributed by atoms with Crippen LogP contribution in [-0.4, -0.2) is 16.0 Å². The van der Waals surface area contributed by atoms with Crippen LogP contribution < -0.4 is 14.9 Å². The van der Waals surface area contributed by atoms with Crippen LogP contribution in [0.3, 0.4) is 0 Å². The van der Waals surface area contributed by atoms with Crippen LogP contribution >= 0.6 is 11.3 Å². The summed E-state index contributed by atoms with van der Waals surface area (Å²) in [6, 6.07) is 6.14. The average molecular weight is 289 g/mol. The van der Waals surface area contributed by atoms with Crippen molar-refractivity contribution in [1.82, 2.24) is 4.57 Å². The number of thiazole rings is 1. The Bertz CT molecular complexity index is 833. The van der Waals surface area contributed by atoms with Gasteiger partial charge in [-0.15, -0.1) is 0 Å². The highest BCUT2D eigenvalue weighted by atomic mass is 32.1. The number of hydrogen-bond acceptors (Lipinski definition) is 5. The molecule has 3 rings (SSSR count). The lowest BCUT2D eigenvalue weighted by molar-refractivity contribution is -0.384. The molecule has 1 aliphatic heterocycles. The van der Waals surface area contributed by atoms with Crippen molar-refractivity contribution in [3.8, 4) is 0 Å². The van der Waals surface area contributed by atoms with E-state index in [9.17, 15) is 14.9 Å². The zero-order valence-corrected chi connectivity index (χ0v) is 11.3. The van der Waals surface area contributed by atoms with Crippen molar-refractivity contribution in [2.24, 2.45) is 4.99 Å². The molecule has 102 valence electrons. The number of nitro groups is 1. The van der Waals surface area contributed by atoms with E-state index in [-0.39, 0.29) is 11.2 Å². The van der Waals surface area contributed by atoms with Gasteiger partial charge in [0.15, 0.2) is 4.80 Å². The molecular weight excluding hydrogens is 278 g/mol. The molecule has 0 saturated heterocycles. The van der Waals surface area contributed by atoms with Crippen LogP contribution in [-0.2, 0) is 6.54 Å². The second kappa shape index (κ2) is 5.01. The van der Waals surface area contributed by atoms with Gasteiger partial charge >= 0.3 is 0 Å². The summed E-state index contributed by atoms with van der Waals surface area (Å²) in [5, 5.41) is 10.6. The van der Waals surface area contributed by atoms with Gasteiger partial charge < -0.3 is 0 Å². The van der Waals surface area contributed by atoms with Gasteiger partial charge in [0.05, 0.1) is 9.46 Å². The first-order valence-corrected chi connectivity index (χ1v) is 6.97. The van der Waals surface area contributed by atoms with Crippen LogP contribution in [0.15, 0.2) is 34.1 Å². The van der Waals surface area contributed by atoms with E-state index >= 15 is 0 Å². The Labute approximate surface area is 117 Å². The third-order valence-corrected chi connectivity index (χ3v) is 4.12. The number of aromatic nitrogens is 1. The van der Waals surface area contributed by atoms with Crippen LogP contribution in [0.2, 0.25) is 0 Å². The zero-order valence-electron chi connectivity index (χ0n) is 10.5. The molecule has 0 unspecified atom stereocenters. The molecule has 0 spiro atoms. The quantitative estimate of drug-likeness (QED) is 0.602. The summed E-state index contributed by atoms with van der Waals surface area (Å²) in [7, 11) is 0. The molecule has 0 bridgehead atoms. The Hall–Kier alpha value is -2.28. The minimum Gasteiger partial charge on any atom is -0.284 e. The fraction of sp³-hybridized carbons (Fsp3) is 0.231. The van der Waals surface area contributed by atoms with E-state index in [1.807, 2.05) is 0 Å². The standard InChI is InChI=1S/C13H11N3O3S/c17-12-11(20-13-14-6-1-7-15(12)13)8-9-2-4-10(5-3-9)16(18)19/h2-5,8H,1,6-7H2/b11-8+. The van der Waals surface area contributed by atoms with Gasteiger partial charge in [-0.3, -0.25) is 24.5 Å². The third-order valence-electron chi connectivity index (χ3n) is 3.08. The molecule has 0 N–H and O–H groups in total. The predicted molar refractivity (Wildman–Crippen MR) is 75.5 cm³/mol. The van der Waals surface area contributed by atoms with Gasteiger partial charge in [0.25, 0.3) is 11.2 Å².